The molecular weight excluding hydrogens is 422 g/mol. The van der Waals surface area contributed by atoms with Crippen molar-refractivity contribution in [3.63, 3.8) is 0 Å². The third-order valence-electron chi connectivity index (χ3n) is 4.79. The molecule has 2 aromatic carbocycles. The molecule has 0 atom stereocenters. The maximum Gasteiger partial charge on any atom is 0.429 e. The van der Waals surface area contributed by atoms with Crippen LogP contribution in [0, 0.1) is 10.1 Å². The highest BCUT2D eigenvalue weighted by Crippen LogP contribution is 2.35. The van der Waals surface area contributed by atoms with Crippen LogP contribution >= 0.6 is 0 Å². The fourth-order valence-electron chi connectivity index (χ4n) is 3.20. The summed E-state index contributed by atoms with van der Waals surface area (Å²) in [5.41, 5.74) is 0.657. The van der Waals surface area contributed by atoms with E-state index in [0.717, 1.165) is 15.6 Å². The Bertz CT molecular complexity index is 983. The molecule has 0 unspecified atom stereocenters. The lowest BCUT2D eigenvalue weighted by Gasteiger charge is -2.26. The predicted molar refractivity (Wildman–Crippen MR) is 111 cm³/mol. The van der Waals surface area contributed by atoms with E-state index in [-0.39, 0.29) is 42.5 Å². The van der Waals surface area contributed by atoms with Gasteiger partial charge in [-0.3, -0.25) is 10.1 Å². The number of hydrogen-bond acceptors (Lipinski definition) is 8. The summed E-state index contributed by atoms with van der Waals surface area (Å²) in [6.07, 6.45) is -0.949. The van der Waals surface area contributed by atoms with E-state index in [4.69, 9.17) is 18.9 Å². The van der Waals surface area contributed by atoms with Crippen molar-refractivity contribution in [2.75, 3.05) is 27.3 Å². The topological polar surface area (TPSA) is 121 Å². The maximum atomic E-state index is 12.6. The first kappa shape index (κ1) is 22.7. The molecule has 1 fully saturated rings. The van der Waals surface area contributed by atoms with Crippen LogP contribution in [0.25, 0.3) is 0 Å². The second-order valence-corrected chi connectivity index (χ2v) is 6.79. The number of hydrogen-bond donors (Lipinski definition) is 0. The molecule has 1 aliphatic rings. The number of benzene rings is 2. The average Bonchev–Trinajstić information content (AvgIpc) is 3.31. The number of nitro groups is 1. The number of hydrazine groups is 1. The highest BCUT2D eigenvalue weighted by atomic mass is 16.6. The summed E-state index contributed by atoms with van der Waals surface area (Å²) in [6, 6.07) is 11.7. The Morgan fingerprint density at radius 2 is 1.50 bits per heavy atom. The summed E-state index contributed by atoms with van der Waals surface area (Å²) in [6.45, 7) is 0.225. The summed E-state index contributed by atoms with van der Waals surface area (Å²) in [5.74, 6) is 0.442. The van der Waals surface area contributed by atoms with Crippen LogP contribution in [-0.2, 0) is 22.7 Å². The molecule has 1 heterocycles. The van der Waals surface area contributed by atoms with Gasteiger partial charge in [0.25, 0.3) is 5.69 Å². The van der Waals surface area contributed by atoms with E-state index in [1.165, 1.54) is 26.4 Å². The minimum Gasteiger partial charge on any atom is -0.493 e. The molecule has 0 saturated carbocycles. The molecule has 2 aromatic rings. The molecule has 0 radical (unpaired) electrons. The number of carbonyl (C=O) groups is 2. The SMILES string of the molecule is COc1cc(COC(=O)N2CCCN2C(=O)OCc2ccccc2)c([N+](=O)[O-])cc1OC. The van der Waals surface area contributed by atoms with Crippen molar-refractivity contribution in [1.29, 1.82) is 0 Å². The Morgan fingerprint density at radius 1 is 0.938 bits per heavy atom. The summed E-state index contributed by atoms with van der Waals surface area (Å²) in [7, 11) is 2.75. The van der Waals surface area contributed by atoms with Gasteiger partial charge in [0.05, 0.1) is 30.8 Å². The van der Waals surface area contributed by atoms with Crippen LogP contribution in [-0.4, -0.2) is 54.4 Å². The van der Waals surface area contributed by atoms with Crippen molar-refractivity contribution in [2.45, 2.75) is 19.6 Å². The summed E-state index contributed by atoms with van der Waals surface area (Å²) >= 11 is 0. The normalized spacial score (nSPS) is 12.9. The second kappa shape index (κ2) is 10.3. The monoisotopic (exact) mass is 445 g/mol. The molecular formula is C21H23N3O8. The molecule has 170 valence electrons. The van der Waals surface area contributed by atoms with E-state index in [2.05, 4.69) is 0 Å². The van der Waals surface area contributed by atoms with Gasteiger partial charge in [-0.15, -0.1) is 0 Å². The van der Waals surface area contributed by atoms with E-state index >= 15 is 0 Å². The minimum absolute atomic E-state index is 0.0664. The maximum absolute atomic E-state index is 12.6. The zero-order chi connectivity index (χ0) is 23.1. The molecule has 0 aliphatic carbocycles. The van der Waals surface area contributed by atoms with Crippen LogP contribution in [0.4, 0.5) is 15.3 Å². The first-order valence-corrected chi connectivity index (χ1v) is 9.76. The molecule has 2 amide bonds. The highest BCUT2D eigenvalue weighted by Gasteiger charge is 2.33. The van der Waals surface area contributed by atoms with Crippen molar-refractivity contribution < 1.29 is 33.5 Å². The van der Waals surface area contributed by atoms with Crippen LogP contribution < -0.4 is 9.47 Å². The van der Waals surface area contributed by atoms with Crippen molar-refractivity contribution in [1.82, 2.24) is 10.0 Å². The molecule has 0 N–H and O–H groups in total. The van der Waals surface area contributed by atoms with Crippen LogP contribution in [0.2, 0.25) is 0 Å². The lowest BCUT2D eigenvalue weighted by atomic mass is 10.1. The first-order valence-electron chi connectivity index (χ1n) is 9.76. The Balaban J connectivity index is 1.65. The van der Waals surface area contributed by atoms with Crippen LogP contribution in [0.1, 0.15) is 17.5 Å². The lowest BCUT2D eigenvalue weighted by molar-refractivity contribution is -0.385. The van der Waals surface area contributed by atoms with Crippen LogP contribution in [0.3, 0.4) is 0 Å². The van der Waals surface area contributed by atoms with Crippen LogP contribution in [0.15, 0.2) is 42.5 Å². The van der Waals surface area contributed by atoms with Gasteiger partial charge in [0.2, 0.25) is 0 Å². The fraction of sp³-hybridized carbons (Fsp3) is 0.333. The van der Waals surface area contributed by atoms with E-state index in [0.29, 0.717) is 13.0 Å². The molecule has 11 nitrogen and oxygen atoms in total. The predicted octanol–water partition coefficient (Wildman–Crippen LogP) is 3.51. The number of amides is 2. The van der Waals surface area contributed by atoms with E-state index in [1.807, 2.05) is 30.3 Å². The van der Waals surface area contributed by atoms with Gasteiger partial charge in [-0.1, -0.05) is 30.3 Å². The Morgan fingerprint density at radius 3 is 2.06 bits per heavy atom. The number of nitro benzene ring substituents is 1. The summed E-state index contributed by atoms with van der Waals surface area (Å²) in [4.78, 5) is 35.8. The molecule has 0 aromatic heterocycles. The molecule has 0 bridgehead atoms. The highest BCUT2D eigenvalue weighted by molar-refractivity contribution is 5.75. The molecule has 11 heteroatoms. The third kappa shape index (κ3) is 5.17. The quantitative estimate of drug-likeness (QED) is 0.469. The van der Waals surface area contributed by atoms with Gasteiger partial charge >= 0.3 is 12.2 Å². The fourth-order valence-corrected chi connectivity index (χ4v) is 3.20. The van der Waals surface area contributed by atoms with Gasteiger partial charge in [-0.25, -0.2) is 19.6 Å². The number of rotatable bonds is 7. The minimum atomic E-state index is -0.816. The first-order chi connectivity index (χ1) is 15.4. The number of nitrogens with zero attached hydrogens (tertiary/aromatic N) is 3. The van der Waals surface area contributed by atoms with E-state index in [9.17, 15) is 19.7 Å². The molecule has 0 spiro atoms. The van der Waals surface area contributed by atoms with Crippen LogP contribution in [0.5, 0.6) is 11.5 Å². The van der Waals surface area contributed by atoms with Crippen molar-refractivity contribution in [3.8, 4) is 11.5 Å². The third-order valence-corrected chi connectivity index (χ3v) is 4.79. The van der Waals surface area contributed by atoms with E-state index in [1.54, 1.807) is 0 Å². The second-order valence-electron chi connectivity index (χ2n) is 6.79. The molecule has 1 saturated heterocycles. The molecule has 32 heavy (non-hydrogen) atoms. The summed E-state index contributed by atoms with van der Waals surface area (Å²) < 4.78 is 20.8. The number of ether oxygens (including phenoxy) is 4. The van der Waals surface area contributed by atoms with Gasteiger partial charge in [-0.05, 0) is 18.1 Å². The lowest BCUT2D eigenvalue weighted by Crippen LogP contribution is -2.45. The average molecular weight is 445 g/mol. The Kier molecular flexibility index (Phi) is 7.32. The van der Waals surface area contributed by atoms with Gasteiger partial charge in [0.15, 0.2) is 11.5 Å². The largest absolute Gasteiger partial charge is 0.493 e. The summed E-state index contributed by atoms with van der Waals surface area (Å²) in [5, 5.41) is 13.7. The Hall–Kier alpha value is -4.02. The van der Waals surface area contributed by atoms with Gasteiger partial charge in [0.1, 0.15) is 13.2 Å². The van der Waals surface area contributed by atoms with Crippen molar-refractivity contribution in [3.05, 3.63) is 63.7 Å². The van der Waals surface area contributed by atoms with Crippen molar-refractivity contribution in [2.24, 2.45) is 0 Å². The standard InChI is InChI=1S/C21H23N3O8/c1-29-18-11-16(17(24(27)28)12-19(18)30-2)14-32-21(26)23-10-6-9-22(23)20(25)31-13-15-7-4-3-5-8-15/h3-5,7-8,11-12H,6,9-10,13-14H2,1-2H3. The zero-order valence-electron chi connectivity index (χ0n) is 17.7. The van der Waals surface area contributed by atoms with Gasteiger partial charge < -0.3 is 18.9 Å². The number of methoxy groups -OCH3 is 2. The molecule has 3 rings (SSSR count). The van der Waals surface area contributed by atoms with E-state index < -0.39 is 17.1 Å². The Labute approximate surface area is 184 Å². The smallest absolute Gasteiger partial charge is 0.429 e. The van der Waals surface area contributed by atoms with Crippen molar-refractivity contribution >= 4 is 17.9 Å². The number of carbonyl (C=O) groups excluding carboxylic acids is 2. The van der Waals surface area contributed by atoms with Gasteiger partial charge in [0, 0.05) is 13.1 Å². The van der Waals surface area contributed by atoms with Gasteiger partial charge in [-0.2, -0.15) is 0 Å². The zero-order valence-corrected chi connectivity index (χ0v) is 17.7. The molecule has 1 aliphatic heterocycles.